The van der Waals surface area contributed by atoms with E-state index < -0.39 is 5.97 Å². The minimum atomic E-state index is -0.695. The van der Waals surface area contributed by atoms with E-state index in [1.165, 1.54) is 4.88 Å². The minimum Gasteiger partial charge on any atom is -0.494 e. The molecule has 1 saturated heterocycles. The van der Waals surface area contributed by atoms with Gasteiger partial charge in [0.25, 0.3) is 0 Å². The lowest BCUT2D eigenvalue weighted by molar-refractivity contribution is -0.143. The summed E-state index contributed by atoms with van der Waals surface area (Å²) in [5, 5.41) is 9.45. The molecule has 2 heterocycles. The summed E-state index contributed by atoms with van der Waals surface area (Å²) < 4.78 is 6.75. The molecule has 1 aromatic heterocycles. The number of hydrogen-bond donors (Lipinski definition) is 1. The van der Waals surface area contributed by atoms with E-state index in [9.17, 15) is 9.90 Å². The number of rotatable bonds is 6. The Morgan fingerprint density at radius 3 is 2.96 bits per heavy atom. The SMILES string of the molecule is CCOc1cccc(C(c2ccc(Br)s2)N2CCCC(C(=O)O)C2)c1. The van der Waals surface area contributed by atoms with Crippen LogP contribution in [0.4, 0.5) is 0 Å². The fourth-order valence-electron chi connectivity index (χ4n) is 3.41. The van der Waals surface area contributed by atoms with Crippen LogP contribution in [-0.2, 0) is 4.79 Å². The van der Waals surface area contributed by atoms with Gasteiger partial charge in [0.15, 0.2) is 0 Å². The lowest BCUT2D eigenvalue weighted by Gasteiger charge is -2.37. The highest BCUT2D eigenvalue weighted by atomic mass is 79.9. The molecule has 3 rings (SSSR count). The van der Waals surface area contributed by atoms with Crippen LogP contribution in [0.2, 0.25) is 0 Å². The standard InChI is InChI=1S/C19H22BrNO3S/c1-2-24-15-7-3-5-13(11-15)18(16-8-9-17(20)25-16)21-10-4-6-14(12-21)19(22)23/h3,5,7-9,11,14,18H,2,4,6,10,12H2,1H3,(H,22,23). The van der Waals surface area contributed by atoms with Gasteiger partial charge in [-0.2, -0.15) is 0 Å². The lowest BCUT2D eigenvalue weighted by atomic mass is 9.94. The van der Waals surface area contributed by atoms with Crippen LogP contribution in [0.25, 0.3) is 0 Å². The molecule has 4 nitrogen and oxygen atoms in total. The molecule has 2 aromatic rings. The molecule has 0 bridgehead atoms. The molecular formula is C19H22BrNO3S. The zero-order valence-corrected chi connectivity index (χ0v) is 16.6. The Kier molecular flexibility index (Phi) is 6.15. The largest absolute Gasteiger partial charge is 0.494 e. The first-order valence-corrected chi connectivity index (χ1v) is 10.1. The second-order valence-electron chi connectivity index (χ2n) is 6.22. The molecular weight excluding hydrogens is 402 g/mol. The van der Waals surface area contributed by atoms with E-state index in [0.717, 1.165) is 34.5 Å². The van der Waals surface area contributed by atoms with Crippen molar-refractivity contribution in [3.8, 4) is 5.75 Å². The van der Waals surface area contributed by atoms with Crippen LogP contribution in [0.15, 0.2) is 40.2 Å². The zero-order valence-electron chi connectivity index (χ0n) is 14.2. The molecule has 0 aliphatic carbocycles. The van der Waals surface area contributed by atoms with E-state index in [0.29, 0.717) is 13.2 Å². The molecule has 2 atom stereocenters. The van der Waals surface area contributed by atoms with Crippen LogP contribution in [0, 0.1) is 5.92 Å². The van der Waals surface area contributed by atoms with Crippen molar-refractivity contribution in [2.24, 2.45) is 5.92 Å². The smallest absolute Gasteiger partial charge is 0.307 e. The Morgan fingerprint density at radius 2 is 2.28 bits per heavy atom. The van der Waals surface area contributed by atoms with E-state index in [4.69, 9.17) is 4.74 Å². The number of benzene rings is 1. The van der Waals surface area contributed by atoms with Gasteiger partial charge in [0.2, 0.25) is 0 Å². The van der Waals surface area contributed by atoms with E-state index in [-0.39, 0.29) is 12.0 Å². The normalized spacial score (nSPS) is 19.5. The molecule has 1 fully saturated rings. The molecule has 25 heavy (non-hydrogen) atoms. The van der Waals surface area contributed by atoms with Gasteiger partial charge in [-0.25, -0.2) is 0 Å². The monoisotopic (exact) mass is 423 g/mol. The fourth-order valence-corrected chi connectivity index (χ4v) is 5.00. The summed E-state index contributed by atoms with van der Waals surface area (Å²) in [5.41, 5.74) is 1.14. The van der Waals surface area contributed by atoms with Crippen LogP contribution >= 0.6 is 27.3 Å². The minimum absolute atomic E-state index is 0.0545. The maximum atomic E-state index is 11.5. The molecule has 2 unspecified atom stereocenters. The lowest BCUT2D eigenvalue weighted by Crippen LogP contribution is -2.41. The number of ether oxygens (including phenoxy) is 1. The van der Waals surface area contributed by atoms with Crippen LogP contribution in [0.3, 0.4) is 0 Å². The van der Waals surface area contributed by atoms with Crippen molar-refractivity contribution >= 4 is 33.2 Å². The molecule has 0 spiro atoms. The van der Waals surface area contributed by atoms with Gasteiger partial charge < -0.3 is 9.84 Å². The number of thiophene rings is 1. The third kappa shape index (κ3) is 4.43. The van der Waals surface area contributed by atoms with Gasteiger partial charge >= 0.3 is 5.97 Å². The number of hydrogen-bond acceptors (Lipinski definition) is 4. The van der Waals surface area contributed by atoms with Crippen molar-refractivity contribution in [3.63, 3.8) is 0 Å². The predicted molar refractivity (Wildman–Crippen MR) is 103 cm³/mol. The number of carboxylic acid groups (broad SMARTS) is 1. The average Bonchev–Trinajstić information content (AvgIpc) is 3.02. The molecule has 0 saturated carbocycles. The van der Waals surface area contributed by atoms with E-state index >= 15 is 0 Å². The number of likely N-dealkylation sites (tertiary alicyclic amines) is 1. The Balaban J connectivity index is 1.95. The average molecular weight is 424 g/mol. The molecule has 0 amide bonds. The number of aliphatic carboxylic acids is 1. The Hall–Kier alpha value is -1.37. The van der Waals surface area contributed by atoms with Crippen molar-refractivity contribution in [1.82, 2.24) is 4.90 Å². The molecule has 1 N–H and O–H groups in total. The number of halogens is 1. The summed E-state index contributed by atoms with van der Waals surface area (Å²) in [6, 6.07) is 12.4. The highest BCUT2D eigenvalue weighted by molar-refractivity contribution is 9.11. The van der Waals surface area contributed by atoms with Crippen molar-refractivity contribution < 1.29 is 14.6 Å². The van der Waals surface area contributed by atoms with Crippen molar-refractivity contribution in [2.75, 3.05) is 19.7 Å². The highest BCUT2D eigenvalue weighted by Crippen LogP contribution is 2.38. The molecule has 1 aliphatic heterocycles. The Labute approximate surface area is 160 Å². The first-order valence-electron chi connectivity index (χ1n) is 8.53. The second-order valence-corrected chi connectivity index (χ2v) is 8.72. The van der Waals surface area contributed by atoms with Crippen molar-refractivity contribution in [3.05, 3.63) is 50.6 Å². The summed E-state index contributed by atoms with van der Waals surface area (Å²) in [4.78, 5) is 15.0. The third-order valence-electron chi connectivity index (χ3n) is 4.52. The second kappa shape index (κ2) is 8.34. The van der Waals surface area contributed by atoms with Crippen molar-refractivity contribution in [1.29, 1.82) is 0 Å². The fraction of sp³-hybridized carbons (Fsp3) is 0.421. The maximum Gasteiger partial charge on any atom is 0.307 e. The third-order valence-corrected chi connectivity index (χ3v) is 6.19. The van der Waals surface area contributed by atoms with Crippen molar-refractivity contribution in [2.45, 2.75) is 25.8 Å². The summed E-state index contributed by atoms with van der Waals surface area (Å²) in [6.45, 7) is 4.09. The number of carboxylic acids is 1. The summed E-state index contributed by atoms with van der Waals surface area (Å²) in [6.07, 6.45) is 1.66. The van der Waals surface area contributed by atoms with E-state index in [2.05, 4.69) is 45.1 Å². The molecule has 0 radical (unpaired) electrons. The Bertz CT molecular complexity index is 733. The molecule has 6 heteroatoms. The van der Waals surface area contributed by atoms with Crippen LogP contribution in [0.5, 0.6) is 5.75 Å². The van der Waals surface area contributed by atoms with Gasteiger partial charge in [-0.15, -0.1) is 11.3 Å². The predicted octanol–water partition coefficient (Wildman–Crippen LogP) is 4.80. The van der Waals surface area contributed by atoms with Gasteiger partial charge in [0, 0.05) is 11.4 Å². The number of carbonyl (C=O) groups is 1. The molecule has 1 aliphatic rings. The zero-order chi connectivity index (χ0) is 17.8. The van der Waals surface area contributed by atoms with Crippen LogP contribution in [0.1, 0.15) is 36.2 Å². The summed E-state index contributed by atoms with van der Waals surface area (Å²) in [5.74, 6) is -0.138. The number of piperidine rings is 1. The van der Waals surface area contributed by atoms with E-state index in [1.807, 2.05) is 19.1 Å². The van der Waals surface area contributed by atoms with Gasteiger partial charge in [0.1, 0.15) is 5.75 Å². The van der Waals surface area contributed by atoms with Gasteiger partial charge in [-0.05, 0) is 72.1 Å². The van der Waals surface area contributed by atoms with E-state index in [1.54, 1.807) is 11.3 Å². The number of nitrogens with zero attached hydrogens (tertiary/aromatic N) is 1. The Morgan fingerprint density at radius 1 is 1.44 bits per heavy atom. The topological polar surface area (TPSA) is 49.8 Å². The van der Waals surface area contributed by atoms with Crippen LogP contribution in [-0.4, -0.2) is 35.7 Å². The first-order chi connectivity index (χ1) is 12.1. The van der Waals surface area contributed by atoms with Gasteiger partial charge in [0.05, 0.1) is 22.4 Å². The van der Waals surface area contributed by atoms with Gasteiger partial charge in [-0.1, -0.05) is 12.1 Å². The maximum absolute atomic E-state index is 11.5. The quantitative estimate of drug-likeness (QED) is 0.724. The van der Waals surface area contributed by atoms with Crippen LogP contribution < -0.4 is 4.74 Å². The summed E-state index contributed by atoms with van der Waals surface area (Å²) in [7, 11) is 0. The van der Waals surface area contributed by atoms with Gasteiger partial charge in [-0.3, -0.25) is 9.69 Å². The molecule has 1 aromatic carbocycles. The first kappa shape index (κ1) is 18.4. The summed E-state index contributed by atoms with van der Waals surface area (Å²) >= 11 is 5.25. The highest BCUT2D eigenvalue weighted by Gasteiger charge is 2.32. The molecule has 134 valence electrons.